The summed E-state index contributed by atoms with van der Waals surface area (Å²) in [6.07, 6.45) is 0. The van der Waals surface area contributed by atoms with Crippen LogP contribution < -0.4 is 15.4 Å². The van der Waals surface area contributed by atoms with Gasteiger partial charge >= 0.3 is 0 Å². The third kappa shape index (κ3) is 5.80. The SMILES string of the molecule is O=C(NCCOc1ccccc1)c1ccc(NCc2ccccc2)c([N+](=O)[O-])c1. The summed E-state index contributed by atoms with van der Waals surface area (Å²) in [6.45, 7) is 1.04. The normalized spacial score (nSPS) is 10.2. The van der Waals surface area contributed by atoms with Crippen molar-refractivity contribution in [2.45, 2.75) is 6.54 Å². The quantitative estimate of drug-likeness (QED) is 0.326. The molecule has 7 nitrogen and oxygen atoms in total. The second-order valence-electron chi connectivity index (χ2n) is 6.25. The third-order valence-corrected chi connectivity index (χ3v) is 4.18. The van der Waals surface area contributed by atoms with Gasteiger partial charge < -0.3 is 15.4 Å². The van der Waals surface area contributed by atoms with Crippen molar-refractivity contribution in [1.29, 1.82) is 0 Å². The van der Waals surface area contributed by atoms with Gasteiger partial charge in [-0.25, -0.2) is 0 Å². The smallest absolute Gasteiger partial charge is 0.293 e. The second-order valence-corrected chi connectivity index (χ2v) is 6.25. The zero-order valence-corrected chi connectivity index (χ0v) is 15.7. The number of rotatable bonds is 9. The molecule has 0 radical (unpaired) electrons. The maximum absolute atomic E-state index is 12.3. The van der Waals surface area contributed by atoms with Crippen LogP contribution in [0, 0.1) is 10.1 Å². The van der Waals surface area contributed by atoms with Crippen molar-refractivity contribution in [2.24, 2.45) is 0 Å². The van der Waals surface area contributed by atoms with Crippen LogP contribution in [0.1, 0.15) is 15.9 Å². The number of nitro benzene ring substituents is 1. The van der Waals surface area contributed by atoms with Crippen LogP contribution >= 0.6 is 0 Å². The summed E-state index contributed by atoms with van der Waals surface area (Å²) in [4.78, 5) is 23.3. The van der Waals surface area contributed by atoms with Gasteiger partial charge in [0, 0.05) is 18.2 Å². The number of nitro groups is 1. The van der Waals surface area contributed by atoms with Crippen LogP contribution in [0.2, 0.25) is 0 Å². The first-order chi connectivity index (χ1) is 14.1. The van der Waals surface area contributed by atoms with Gasteiger partial charge in [0.2, 0.25) is 0 Å². The van der Waals surface area contributed by atoms with Crippen LogP contribution in [-0.4, -0.2) is 24.0 Å². The van der Waals surface area contributed by atoms with E-state index in [4.69, 9.17) is 4.74 Å². The second kappa shape index (κ2) is 9.89. The molecule has 0 aromatic heterocycles. The third-order valence-electron chi connectivity index (χ3n) is 4.18. The van der Waals surface area contributed by atoms with Gasteiger partial charge in [-0.3, -0.25) is 14.9 Å². The summed E-state index contributed by atoms with van der Waals surface area (Å²) in [7, 11) is 0. The van der Waals surface area contributed by atoms with E-state index in [0.29, 0.717) is 24.6 Å². The van der Waals surface area contributed by atoms with Gasteiger partial charge in [0.05, 0.1) is 11.5 Å². The van der Waals surface area contributed by atoms with Gasteiger partial charge in [-0.05, 0) is 29.8 Å². The first-order valence-electron chi connectivity index (χ1n) is 9.16. The largest absolute Gasteiger partial charge is 0.492 e. The van der Waals surface area contributed by atoms with Crippen LogP contribution in [-0.2, 0) is 6.54 Å². The highest BCUT2D eigenvalue weighted by Crippen LogP contribution is 2.26. The summed E-state index contributed by atoms with van der Waals surface area (Å²) in [6, 6.07) is 23.2. The Hall–Kier alpha value is -3.87. The van der Waals surface area contributed by atoms with E-state index < -0.39 is 4.92 Å². The topological polar surface area (TPSA) is 93.5 Å². The number of amides is 1. The van der Waals surface area contributed by atoms with Crippen molar-refractivity contribution < 1.29 is 14.5 Å². The standard InChI is InChI=1S/C22H21N3O4/c26-22(23-13-14-29-19-9-5-2-6-10-19)18-11-12-20(21(15-18)25(27)28)24-16-17-7-3-1-4-8-17/h1-12,15,24H,13-14,16H2,(H,23,26). The lowest BCUT2D eigenvalue weighted by Crippen LogP contribution is -2.28. The lowest BCUT2D eigenvalue weighted by Gasteiger charge is -2.10. The number of benzene rings is 3. The number of carbonyl (C=O) groups is 1. The van der Waals surface area contributed by atoms with Gasteiger partial charge in [-0.15, -0.1) is 0 Å². The van der Waals surface area contributed by atoms with Crippen molar-refractivity contribution in [3.05, 3.63) is 100 Å². The average molecular weight is 391 g/mol. The molecule has 0 aliphatic rings. The average Bonchev–Trinajstić information content (AvgIpc) is 2.76. The van der Waals surface area contributed by atoms with E-state index in [-0.39, 0.29) is 23.7 Å². The predicted molar refractivity (Wildman–Crippen MR) is 111 cm³/mol. The zero-order chi connectivity index (χ0) is 20.5. The summed E-state index contributed by atoms with van der Waals surface area (Å²) >= 11 is 0. The molecule has 3 rings (SSSR count). The molecule has 1 amide bonds. The monoisotopic (exact) mass is 391 g/mol. The number of nitrogens with one attached hydrogen (secondary N) is 2. The molecule has 0 bridgehead atoms. The molecule has 0 saturated heterocycles. The molecule has 0 saturated carbocycles. The van der Waals surface area contributed by atoms with E-state index in [1.165, 1.54) is 6.07 Å². The molecule has 7 heteroatoms. The molecule has 3 aromatic carbocycles. The minimum atomic E-state index is -0.497. The molecule has 0 heterocycles. The first kappa shape index (κ1) is 19.9. The molecule has 0 aliphatic carbocycles. The molecule has 148 valence electrons. The Labute approximate surface area is 168 Å². The number of nitrogens with zero attached hydrogens (tertiary/aromatic N) is 1. The molecule has 29 heavy (non-hydrogen) atoms. The van der Waals surface area contributed by atoms with E-state index in [1.807, 2.05) is 60.7 Å². The highest BCUT2D eigenvalue weighted by Gasteiger charge is 2.17. The van der Waals surface area contributed by atoms with Crippen LogP contribution in [0.4, 0.5) is 11.4 Å². The molecular weight excluding hydrogens is 370 g/mol. The van der Waals surface area contributed by atoms with Crippen molar-refractivity contribution in [3.63, 3.8) is 0 Å². The molecule has 0 aliphatic heterocycles. The Balaban J connectivity index is 1.58. The fourth-order valence-electron chi connectivity index (χ4n) is 2.72. The summed E-state index contributed by atoms with van der Waals surface area (Å²) in [5.41, 5.74) is 1.45. The Morgan fingerprint density at radius 2 is 1.66 bits per heavy atom. The van der Waals surface area contributed by atoms with E-state index in [1.54, 1.807) is 12.1 Å². The van der Waals surface area contributed by atoms with Crippen molar-refractivity contribution in [1.82, 2.24) is 5.32 Å². The van der Waals surface area contributed by atoms with Gasteiger partial charge in [0.1, 0.15) is 18.0 Å². The van der Waals surface area contributed by atoms with E-state index in [0.717, 1.165) is 5.56 Å². The van der Waals surface area contributed by atoms with Crippen LogP contribution in [0.15, 0.2) is 78.9 Å². The maximum atomic E-state index is 12.3. The number of hydrogen-bond donors (Lipinski definition) is 2. The summed E-state index contributed by atoms with van der Waals surface area (Å²) in [5, 5.41) is 17.2. The number of carbonyl (C=O) groups excluding carboxylic acids is 1. The van der Waals surface area contributed by atoms with Crippen LogP contribution in [0.5, 0.6) is 5.75 Å². The lowest BCUT2D eigenvalue weighted by molar-refractivity contribution is -0.384. The van der Waals surface area contributed by atoms with Gasteiger partial charge in [0.15, 0.2) is 0 Å². The molecule has 0 atom stereocenters. The molecule has 2 N–H and O–H groups in total. The minimum Gasteiger partial charge on any atom is -0.492 e. The van der Waals surface area contributed by atoms with Crippen molar-refractivity contribution in [2.75, 3.05) is 18.5 Å². The summed E-state index contributed by atoms with van der Waals surface area (Å²) < 4.78 is 5.51. The number of ether oxygens (including phenoxy) is 1. The Kier molecular flexibility index (Phi) is 6.78. The van der Waals surface area contributed by atoms with Gasteiger partial charge in [-0.1, -0.05) is 48.5 Å². The maximum Gasteiger partial charge on any atom is 0.293 e. The molecule has 0 fully saturated rings. The Morgan fingerprint density at radius 1 is 0.966 bits per heavy atom. The fraction of sp³-hybridized carbons (Fsp3) is 0.136. The predicted octanol–water partition coefficient (Wildman–Crippen LogP) is 4.02. The number of anilines is 1. The fourth-order valence-corrected chi connectivity index (χ4v) is 2.72. The van der Waals surface area contributed by atoms with Crippen molar-refractivity contribution in [3.8, 4) is 5.75 Å². The molecular formula is C22H21N3O4. The highest BCUT2D eigenvalue weighted by molar-refractivity contribution is 5.95. The first-order valence-corrected chi connectivity index (χ1v) is 9.16. The molecule has 0 spiro atoms. The lowest BCUT2D eigenvalue weighted by atomic mass is 10.1. The van der Waals surface area contributed by atoms with E-state index in [9.17, 15) is 14.9 Å². The highest BCUT2D eigenvalue weighted by atomic mass is 16.6. The Morgan fingerprint density at radius 3 is 2.34 bits per heavy atom. The van der Waals surface area contributed by atoms with E-state index >= 15 is 0 Å². The van der Waals surface area contributed by atoms with Gasteiger partial charge in [0.25, 0.3) is 11.6 Å². The molecule has 3 aromatic rings. The van der Waals surface area contributed by atoms with E-state index in [2.05, 4.69) is 10.6 Å². The number of para-hydroxylation sites is 1. The molecule has 0 unspecified atom stereocenters. The van der Waals surface area contributed by atoms with Crippen LogP contribution in [0.25, 0.3) is 0 Å². The summed E-state index contributed by atoms with van der Waals surface area (Å²) in [5.74, 6) is 0.325. The zero-order valence-electron chi connectivity index (χ0n) is 15.7. The van der Waals surface area contributed by atoms with Crippen molar-refractivity contribution >= 4 is 17.3 Å². The number of hydrogen-bond acceptors (Lipinski definition) is 5. The minimum absolute atomic E-state index is 0.144. The van der Waals surface area contributed by atoms with Gasteiger partial charge in [-0.2, -0.15) is 0 Å². The van der Waals surface area contributed by atoms with Crippen LogP contribution in [0.3, 0.4) is 0 Å². The Bertz CT molecular complexity index is 962.